The highest BCUT2D eigenvalue weighted by Gasteiger charge is 2.05. The van der Waals surface area contributed by atoms with Crippen LogP contribution in [0.5, 0.6) is 0 Å². The molecule has 1 amide bonds. The average Bonchev–Trinajstić information content (AvgIpc) is 2.45. The Kier molecular flexibility index (Phi) is 6.40. The lowest BCUT2D eigenvalue weighted by molar-refractivity contribution is -0.119. The number of anilines is 1. The van der Waals surface area contributed by atoms with E-state index in [9.17, 15) is 4.79 Å². The van der Waals surface area contributed by atoms with E-state index in [4.69, 9.17) is 23.2 Å². The van der Waals surface area contributed by atoms with Gasteiger partial charge in [-0.15, -0.1) is 0 Å². The van der Waals surface area contributed by atoms with Crippen LogP contribution < -0.4 is 10.6 Å². The number of amides is 1. The Bertz CT molecular complexity index is 509. The van der Waals surface area contributed by atoms with Gasteiger partial charge in [0.1, 0.15) is 0 Å². The van der Waals surface area contributed by atoms with Crippen LogP contribution in [0.3, 0.4) is 0 Å². The molecule has 0 aliphatic heterocycles. The van der Waals surface area contributed by atoms with Gasteiger partial charge in [0, 0.05) is 22.3 Å². The molecule has 1 aliphatic rings. The van der Waals surface area contributed by atoms with E-state index in [0.717, 1.165) is 12.1 Å². The summed E-state index contributed by atoms with van der Waals surface area (Å²) < 4.78 is 0. The summed E-state index contributed by atoms with van der Waals surface area (Å²) in [5.74, 6) is -0.0255. The standard InChI is InChI=1S/C16H20Cl2N2O/c17-13-8-14(18)10-15(9-13)20-11-16(21)19-7-6-12-4-2-1-3-5-12/h4,8-10,20H,1-3,5-7,11H2,(H,19,21). The van der Waals surface area contributed by atoms with Crippen molar-refractivity contribution < 1.29 is 4.79 Å². The first-order valence-corrected chi connectivity index (χ1v) is 8.03. The van der Waals surface area contributed by atoms with Crippen molar-refractivity contribution in [2.24, 2.45) is 0 Å². The van der Waals surface area contributed by atoms with Gasteiger partial charge in [-0.2, -0.15) is 0 Å². The van der Waals surface area contributed by atoms with Crippen LogP contribution in [-0.2, 0) is 4.79 Å². The minimum Gasteiger partial charge on any atom is -0.376 e. The molecule has 0 saturated heterocycles. The van der Waals surface area contributed by atoms with E-state index in [2.05, 4.69) is 16.7 Å². The topological polar surface area (TPSA) is 41.1 Å². The molecule has 0 saturated carbocycles. The smallest absolute Gasteiger partial charge is 0.239 e. The average molecular weight is 327 g/mol. The zero-order chi connectivity index (χ0) is 15.1. The zero-order valence-corrected chi connectivity index (χ0v) is 13.4. The number of carbonyl (C=O) groups excluding carboxylic acids is 1. The summed E-state index contributed by atoms with van der Waals surface area (Å²) in [6.07, 6.45) is 8.19. The number of hydrogen-bond donors (Lipinski definition) is 2. The Morgan fingerprint density at radius 1 is 1.14 bits per heavy atom. The number of benzene rings is 1. The van der Waals surface area contributed by atoms with E-state index < -0.39 is 0 Å². The third kappa shape index (κ3) is 5.98. The highest BCUT2D eigenvalue weighted by Crippen LogP contribution is 2.22. The summed E-state index contributed by atoms with van der Waals surface area (Å²) in [6.45, 7) is 0.915. The van der Waals surface area contributed by atoms with Crippen molar-refractivity contribution in [2.45, 2.75) is 32.1 Å². The normalized spacial score (nSPS) is 14.5. The van der Waals surface area contributed by atoms with Crippen molar-refractivity contribution in [3.8, 4) is 0 Å². The second-order valence-electron chi connectivity index (χ2n) is 5.22. The molecule has 1 aliphatic carbocycles. The fraction of sp³-hybridized carbons (Fsp3) is 0.438. The SMILES string of the molecule is O=C(CNc1cc(Cl)cc(Cl)c1)NCCC1=CCCCC1. The molecule has 0 heterocycles. The molecule has 0 radical (unpaired) electrons. The van der Waals surface area contributed by atoms with E-state index in [1.165, 1.54) is 31.3 Å². The van der Waals surface area contributed by atoms with Crippen LogP contribution in [0.2, 0.25) is 10.0 Å². The molecular weight excluding hydrogens is 307 g/mol. The molecule has 114 valence electrons. The Morgan fingerprint density at radius 2 is 1.90 bits per heavy atom. The van der Waals surface area contributed by atoms with Gasteiger partial charge in [-0.1, -0.05) is 34.9 Å². The molecule has 0 aromatic heterocycles. The number of carbonyl (C=O) groups is 1. The van der Waals surface area contributed by atoms with Crippen molar-refractivity contribution in [1.82, 2.24) is 5.32 Å². The van der Waals surface area contributed by atoms with Crippen LogP contribution in [0.1, 0.15) is 32.1 Å². The van der Waals surface area contributed by atoms with Gasteiger partial charge < -0.3 is 10.6 Å². The van der Waals surface area contributed by atoms with E-state index >= 15 is 0 Å². The summed E-state index contributed by atoms with van der Waals surface area (Å²) in [5, 5.41) is 7.04. The van der Waals surface area contributed by atoms with Crippen LogP contribution in [0.15, 0.2) is 29.8 Å². The number of hydrogen-bond acceptors (Lipinski definition) is 2. The van der Waals surface area contributed by atoms with Crippen LogP contribution >= 0.6 is 23.2 Å². The first-order valence-electron chi connectivity index (χ1n) is 7.28. The van der Waals surface area contributed by atoms with Gasteiger partial charge in [-0.05, 0) is 50.3 Å². The lowest BCUT2D eigenvalue weighted by Crippen LogP contribution is -2.30. The molecule has 0 unspecified atom stereocenters. The fourth-order valence-corrected chi connectivity index (χ4v) is 2.92. The first-order chi connectivity index (χ1) is 10.1. The monoisotopic (exact) mass is 326 g/mol. The molecule has 1 aromatic rings. The molecule has 0 fully saturated rings. The quantitative estimate of drug-likeness (QED) is 0.760. The maximum absolute atomic E-state index is 11.8. The molecule has 3 nitrogen and oxygen atoms in total. The number of halogens is 2. The Hall–Kier alpha value is -1.19. The summed E-state index contributed by atoms with van der Waals surface area (Å²) in [4.78, 5) is 11.8. The van der Waals surface area contributed by atoms with Crippen LogP contribution in [0.25, 0.3) is 0 Å². The van der Waals surface area contributed by atoms with E-state index in [1.54, 1.807) is 18.2 Å². The fourth-order valence-electron chi connectivity index (χ4n) is 2.39. The largest absolute Gasteiger partial charge is 0.376 e. The van der Waals surface area contributed by atoms with Gasteiger partial charge in [0.2, 0.25) is 5.91 Å². The molecule has 2 N–H and O–H groups in total. The molecule has 1 aromatic carbocycles. The molecule has 21 heavy (non-hydrogen) atoms. The van der Waals surface area contributed by atoms with Gasteiger partial charge in [-0.3, -0.25) is 4.79 Å². The molecule has 0 bridgehead atoms. The first kappa shape index (κ1) is 16.2. The second-order valence-corrected chi connectivity index (χ2v) is 6.09. The number of nitrogens with one attached hydrogen (secondary N) is 2. The van der Waals surface area contributed by atoms with Crippen LogP contribution in [0, 0.1) is 0 Å². The minimum atomic E-state index is -0.0255. The second kappa shape index (κ2) is 8.30. The van der Waals surface area contributed by atoms with Gasteiger partial charge in [0.15, 0.2) is 0 Å². The van der Waals surface area contributed by atoms with E-state index in [-0.39, 0.29) is 12.5 Å². The van der Waals surface area contributed by atoms with Gasteiger partial charge in [0.05, 0.1) is 6.54 Å². The predicted molar refractivity (Wildman–Crippen MR) is 89.1 cm³/mol. The summed E-state index contributed by atoms with van der Waals surface area (Å²) >= 11 is 11.8. The summed E-state index contributed by atoms with van der Waals surface area (Å²) in [7, 11) is 0. The van der Waals surface area contributed by atoms with E-state index in [1.807, 2.05) is 0 Å². The van der Waals surface area contributed by atoms with Crippen molar-refractivity contribution in [3.05, 3.63) is 39.9 Å². The Labute approximate surface area is 135 Å². The Balaban J connectivity index is 1.68. The van der Waals surface area contributed by atoms with E-state index in [0.29, 0.717) is 16.6 Å². The lowest BCUT2D eigenvalue weighted by atomic mass is 9.97. The Morgan fingerprint density at radius 3 is 2.57 bits per heavy atom. The van der Waals surface area contributed by atoms with Gasteiger partial charge in [0.25, 0.3) is 0 Å². The van der Waals surface area contributed by atoms with Crippen LogP contribution in [-0.4, -0.2) is 19.0 Å². The molecular formula is C16H20Cl2N2O. The molecule has 5 heteroatoms. The van der Waals surface area contributed by atoms with Crippen LogP contribution in [0.4, 0.5) is 5.69 Å². The molecule has 0 spiro atoms. The van der Waals surface area contributed by atoms with Gasteiger partial charge in [-0.25, -0.2) is 0 Å². The highest BCUT2D eigenvalue weighted by atomic mass is 35.5. The number of rotatable bonds is 6. The van der Waals surface area contributed by atoms with Crippen molar-refractivity contribution in [3.63, 3.8) is 0 Å². The third-order valence-electron chi connectivity index (χ3n) is 3.47. The summed E-state index contributed by atoms with van der Waals surface area (Å²) in [5.41, 5.74) is 2.22. The third-order valence-corrected chi connectivity index (χ3v) is 3.91. The maximum Gasteiger partial charge on any atom is 0.239 e. The van der Waals surface area contributed by atoms with Gasteiger partial charge >= 0.3 is 0 Å². The molecule has 2 rings (SSSR count). The van der Waals surface area contributed by atoms with Crippen molar-refractivity contribution in [2.75, 3.05) is 18.4 Å². The lowest BCUT2D eigenvalue weighted by Gasteiger charge is -2.13. The van der Waals surface area contributed by atoms with Crippen molar-refractivity contribution >= 4 is 34.8 Å². The zero-order valence-electron chi connectivity index (χ0n) is 11.9. The van der Waals surface area contributed by atoms with Crippen molar-refractivity contribution in [1.29, 1.82) is 0 Å². The maximum atomic E-state index is 11.8. The molecule has 0 atom stereocenters. The number of allylic oxidation sites excluding steroid dienone is 1. The minimum absolute atomic E-state index is 0.0255. The highest BCUT2D eigenvalue weighted by molar-refractivity contribution is 6.35. The predicted octanol–water partition coefficient (Wildman–Crippen LogP) is 4.41. The summed E-state index contributed by atoms with van der Waals surface area (Å²) in [6, 6.07) is 5.15.